The summed E-state index contributed by atoms with van der Waals surface area (Å²) in [5.41, 5.74) is 0.457. The minimum absolute atomic E-state index is 0. The zero-order valence-corrected chi connectivity index (χ0v) is 21.3. The van der Waals surface area contributed by atoms with Crippen LogP contribution in [-0.4, -0.2) is 50.9 Å². The van der Waals surface area contributed by atoms with Gasteiger partial charge in [-0.05, 0) is 48.4 Å². The number of carbonyl (C=O) groups excluding carboxylic acids is 4. The topological polar surface area (TPSA) is 116 Å². The van der Waals surface area contributed by atoms with Crippen LogP contribution in [0.4, 0.5) is 0 Å². The second-order valence-electron chi connectivity index (χ2n) is 7.79. The minimum Gasteiger partial charge on any atom is -0.548 e. The SMILES string of the molecule is CC1(C)S[C@@H]2[C@H](NC(=O)[C@H](C(=O)Oc3ccccc3)c3ccsc3)C(=O)N2[C@H]1C(=O)[O-].[Na+]. The number of benzene rings is 1. The fraction of sp³-hybridized carbons (Fsp3) is 0.333. The summed E-state index contributed by atoms with van der Waals surface area (Å²) in [6, 6.07) is 8.03. The van der Waals surface area contributed by atoms with Gasteiger partial charge < -0.3 is 24.9 Å². The predicted molar refractivity (Wildman–Crippen MR) is 112 cm³/mol. The van der Waals surface area contributed by atoms with Gasteiger partial charge >= 0.3 is 35.5 Å². The molecule has 11 heteroatoms. The number of carboxylic acid groups (broad SMARTS) is 1. The van der Waals surface area contributed by atoms with E-state index in [2.05, 4.69) is 5.32 Å². The van der Waals surface area contributed by atoms with Crippen molar-refractivity contribution in [2.75, 3.05) is 0 Å². The maximum absolute atomic E-state index is 13.1. The van der Waals surface area contributed by atoms with Gasteiger partial charge in [0, 0.05) is 4.75 Å². The fourth-order valence-corrected chi connectivity index (χ4v) is 6.17. The summed E-state index contributed by atoms with van der Waals surface area (Å²) < 4.78 is 4.60. The molecule has 2 saturated heterocycles. The van der Waals surface area contributed by atoms with Gasteiger partial charge in [-0.15, -0.1) is 11.8 Å². The van der Waals surface area contributed by atoms with E-state index in [9.17, 15) is 24.3 Å². The molecule has 32 heavy (non-hydrogen) atoms. The Morgan fingerprint density at radius 1 is 1.19 bits per heavy atom. The summed E-state index contributed by atoms with van der Waals surface area (Å²) in [7, 11) is 0. The number of carboxylic acids is 1. The van der Waals surface area contributed by atoms with Crippen LogP contribution in [0.2, 0.25) is 0 Å². The number of nitrogens with zero attached hydrogens (tertiary/aromatic N) is 1. The Labute approximate surface area is 215 Å². The van der Waals surface area contributed by atoms with Crippen molar-refractivity contribution >= 4 is 46.9 Å². The molecular formula is C21H19N2NaO6S2. The number of carbonyl (C=O) groups is 4. The Bertz CT molecular complexity index is 1030. The van der Waals surface area contributed by atoms with Crippen molar-refractivity contribution in [1.29, 1.82) is 0 Å². The first-order chi connectivity index (χ1) is 14.7. The molecule has 1 aromatic carbocycles. The van der Waals surface area contributed by atoms with Crippen LogP contribution in [0.25, 0.3) is 0 Å². The van der Waals surface area contributed by atoms with Crippen LogP contribution in [0.5, 0.6) is 5.75 Å². The Kier molecular flexibility index (Phi) is 7.41. The van der Waals surface area contributed by atoms with E-state index >= 15 is 0 Å². The standard InChI is InChI=1S/C21H20N2O6S2.Na/c1-21(2)15(19(26)27)23-17(25)14(18(23)31-21)22-16(24)13(11-8-9-30-10-11)20(28)29-12-6-4-3-5-7-12;/h3-10,13-15,18H,1-2H3,(H,22,24)(H,26,27);/q;+1/p-1/t13-,14-,15+,18-;/m1./s1. The zero-order chi connectivity index (χ0) is 22.3. The van der Waals surface area contributed by atoms with Crippen LogP contribution in [-0.2, 0) is 19.2 Å². The van der Waals surface area contributed by atoms with E-state index in [1.54, 1.807) is 61.0 Å². The molecule has 2 aromatic rings. The average molecular weight is 483 g/mol. The van der Waals surface area contributed by atoms with Crippen LogP contribution in [0, 0.1) is 0 Å². The number of ether oxygens (including phenoxy) is 1. The summed E-state index contributed by atoms with van der Waals surface area (Å²) in [5.74, 6) is -4.24. The number of aliphatic carboxylic acids is 1. The van der Waals surface area contributed by atoms with Crippen molar-refractivity contribution in [3.8, 4) is 5.75 Å². The summed E-state index contributed by atoms with van der Waals surface area (Å²) in [6.07, 6.45) is 0. The smallest absolute Gasteiger partial charge is 0.548 e. The molecule has 2 aliphatic rings. The van der Waals surface area contributed by atoms with Crippen LogP contribution in [0.1, 0.15) is 25.3 Å². The maximum Gasteiger partial charge on any atom is 1.00 e. The fourth-order valence-electron chi connectivity index (χ4n) is 3.86. The molecule has 3 heterocycles. The molecule has 2 aliphatic heterocycles. The number of amides is 2. The maximum atomic E-state index is 13.1. The van der Waals surface area contributed by atoms with Gasteiger partial charge in [0.2, 0.25) is 11.8 Å². The van der Waals surface area contributed by atoms with Gasteiger partial charge in [-0.1, -0.05) is 18.2 Å². The molecule has 0 bridgehead atoms. The molecule has 1 aromatic heterocycles. The zero-order valence-electron chi connectivity index (χ0n) is 17.6. The van der Waals surface area contributed by atoms with Gasteiger partial charge in [-0.25, -0.2) is 0 Å². The number of esters is 1. The van der Waals surface area contributed by atoms with Crippen molar-refractivity contribution in [2.24, 2.45) is 0 Å². The molecule has 0 spiro atoms. The second-order valence-corrected chi connectivity index (χ2v) is 10.3. The molecule has 2 amide bonds. The predicted octanol–water partition coefficient (Wildman–Crippen LogP) is -2.26. The number of hydrogen-bond donors (Lipinski definition) is 1. The van der Waals surface area contributed by atoms with Crippen molar-refractivity contribution in [2.45, 2.75) is 42.0 Å². The molecule has 8 nitrogen and oxygen atoms in total. The van der Waals surface area contributed by atoms with E-state index in [1.165, 1.54) is 28.0 Å². The first-order valence-electron chi connectivity index (χ1n) is 9.51. The van der Waals surface area contributed by atoms with Gasteiger partial charge in [0.05, 0.1) is 12.0 Å². The average Bonchev–Trinajstić information content (AvgIpc) is 3.31. The number of fused-ring (bicyclic) bond motifs is 1. The first-order valence-corrected chi connectivity index (χ1v) is 11.3. The van der Waals surface area contributed by atoms with Crippen LogP contribution >= 0.6 is 23.1 Å². The molecular weight excluding hydrogens is 463 g/mol. The third-order valence-electron chi connectivity index (χ3n) is 5.30. The normalized spacial score (nSPS) is 23.9. The number of thioether (sulfide) groups is 1. The van der Waals surface area contributed by atoms with E-state index in [4.69, 9.17) is 4.74 Å². The third-order valence-corrected chi connectivity index (χ3v) is 7.57. The Morgan fingerprint density at radius 3 is 2.47 bits per heavy atom. The Hall–Kier alpha value is -1.85. The number of hydrogen-bond acceptors (Lipinski definition) is 8. The molecule has 162 valence electrons. The molecule has 0 radical (unpaired) electrons. The molecule has 0 aliphatic carbocycles. The Balaban J connectivity index is 0.00000289. The van der Waals surface area contributed by atoms with Gasteiger partial charge in [-0.2, -0.15) is 11.3 Å². The molecule has 0 saturated carbocycles. The number of thiophene rings is 1. The minimum atomic E-state index is -1.33. The summed E-state index contributed by atoms with van der Waals surface area (Å²) in [5, 5.41) is 17.0. The van der Waals surface area contributed by atoms with Crippen molar-refractivity contribution in [3.05, 3.63) is 52.7 Å². The summed E-state index contributed by atoms with van der Waals surface area (Å²) in [6.45, 7) is 3.43. The van der Waals surface area contributed by atoms with Crippen LogP contribution < -0.4 is 44.7 Å². The van der Waals surface area contributed by atoms with E-state index in [0.29, 0.717) is 11.3 Å². The summed E-state index contributed by atoms with van der Waals surface area (Å²) in [4.78, 5) is 51.3. The van der Waals surface area contributed by atoms with Gasteiger partial charge in [0.1, 0.15) is 17.2 Å². The third kappa shape index (κ3) is 4.47. The van der Waals surface area contributed by atoms with Crippen molar-refractivity contribution < 1.29 is 58.6 Å². The molecule has 1 N–H and O–H groups in total. The van der Waals surface area contributed by atoms with Crippen molar-refractivity contribution in [1.82, 2.24) is 10.2 Å². The quantitative estimate of drug-likeness (QED) is 0.162. The second kappa shape index (κ2) is 9.56. The van der Waals surface area contributed by atoms with Crippen LogP contribution in [0.3, 0.4) is 0 Å². The van der Waals surface area contributed by atoms with Crippen LogP contribution in [0.15, 0.2) is 47.2 Å². The Morgan fingerprint density at radius 2 is 1.88 bits per heavy atom. The van der Waals surface area contributed by atoms with E-state index in [0.717, 1.165) is 0 Å². The van der Waals surface area contributed by atoms with Gasteiger partial charge in [0.25, 0.3) is 0 Å². The number of nitrogens with one attached hydrogen (secondary N) is 1. The molecule has 0 unspecified atom stereocenters. The largest absolute Gasteiger partial charge is 1.00 e. The van der Waals surface area contributed by atoms with E-state index in [1.807, 2.05) is 0 Å². The number of β-lactam (4-membered cyclic amide) rings is 1. The van der Waals surface area contributed by atoms with Gasteiger partial charge in [-0.3, -0.25) is 14.4 Å². The van der Waals surface area contributed by atoms with Gasteiger partial charge in [0.15, 0.2) is 5.92 Å². The first kappa shape index (κ1) is 24.8. The molecule has 2 fully saturated rings. The monoisotopic (exact) mass is 482 g/mol. The molecule has 4 atom stereocenters. The van der Waals surface area contributed by atoms with E-state index in [-0.39, 0.29) is 29.6 Å². The molecule has 4 rings (SSSR count). The number of rotatable bonds is 6. The van der Waals surface area contributed by atoms with E-state index < -0.39 is 51.9 Å². The summed E-state index contributed by atoms with van der Waals surface area (Å²) >= 11 is 2.61. The number of para-hydroxylation sites is 1. The van der Waals surface area contributed by atoms with Crippen molar-refractivity contribution in [3.63, 3.8) is 0 Å².